The summed E-state index contributed by atoms with van der Waals surface area (Å²) < 4.78 is 0. The average Bonchev–Trinajstić information content (AvgIpc) is 2.88. The van der Waals surface area contributed by atoms with Gasteiger partial charge in [-0.2, -0.15) is 0 Å². The molecule has 0 amide bonds. The Hall–Kier alpha value is -1.72. The maximum absolute atomic E-state index is 12.0. The molecule has 5 heteroatoms. The molecule has 5 nitrogen and oxygen atoms in total. The highest BCUT2D eigenvalue weighted by Gasteiger charge is 2.20. The van der Waals surface area contributed by atoms with Crippen LogP contribution in [0.1, 0.15) is 64.7 Å². The van der Waals surface area contributed by atoms with E-state index in [1.54, 1.807) is 13.0 Å². The van der Waals surface area contributed by atoms with Crippen molar-refractivity contribution in [2.24, 2.45) is 0 Å². The van der Waals surface area contributed by atoms with Gasteiger partial charge in [-0.1, -0.05) is 24.3 Å². The van der Waals surface area contributed by atoms with Gasteiger partial charge in [0.15, 0.2) is 5.78 Å². The standard InChI is InChI=1S/C20H30O5/c1-15(21)7-6-8-17(22)13-11-16-12-14-19(23)18(16)9-4-2-3-5-10-20(24)25/h2,4,11,13,15,17,21-22H,3,5-10,12,14H2,1H3,(H,24,25)/p-1/t15-,17-/m1/s1. The van der Waals surface area contributed by atoms with E-state index >= 15 is 0 Å². The van der Waals surface area contributed by atoms with E-state index in [2.05, 4.69) is 0 Å². The van der Waals surface area contributed by atoms with E-state index < -0.39 is 12.1 Å². The summed E-state index contributed by atoms with van der Waals surface area (Å²) in [5.41, 5.74) is 1.75. The molecule has 0 unspecified atom stereocenters. The Bertz CT molecular complexity index is 528. The summed E-state index contributed by atoms with van der Waals surface area (Å²) in [7, 11) is 0. The van der Waals surface area contributed by atoms with Crippen molar-refractivity contribution in [1.82, 2.24) is 0 Å². The van der Waals surface area contributed by atoms with Crippen molar-refractivity contribution >= 4 is 11.8 Å². The molecule has 25 heavy (non-hydrogen) atoms. The molecule has 0 saturated carbocycles. The number of aliphatic hydroxyl groups is 2. The largest absolute Gasteiger partial charge is 0.550 e. The number of allylic oxidation sites excluding steroid dienone is 5. The van der Waals surface area contributed by atoms with Crippen molar-refractivity contribution < 1.29 is 24.9 Å². The van der Waals surface area contributed by atoms with Gasteiger partial charge in [0.2, 0.25) is 0 Å². The monoisotopic (exact) mass is 349 g/mol. The zero-order valence-corrected chi connectivity index (χ0v) is 14.9. The van der Waals surface area contributed by atoms with Crippen LogP contribution in [0.3, 0.4) is 0 Å². The molecule has 1 rings (SSSR count). The third-order valence-electron chi connectivity index (χ3n) is 4.23. The second-order valence-corrected chi connectivity index (χ2v) is 6.57. The van der Waals surface area contributed by atoms with E-state index in [1.165, 1.54) is 0 Å². The maximum Gasteiger partial charge on any atom is 0.159 e. The molecule has 0 heterocycles. The van der Waals surface area contributed by atoms with Crippen molar-refractivity contribution in [3.63, 3.8) is 0 Å². The van der Waals surface area contributed by atoms with Crippen LogP contribution in [0.25, 0.3) is 0 Å². The van der Waals surface area contributed by atoms with Gasteiger partial charge in [-0.25, -0.2) is 0 Å². The summed E-state index contributed by atoms with van der Waals surface area (Å²) in [5.74, 6) is -0.899. The van der Waals surface area contributed by atoms with Crippen LogP contribution in [-0.4, -0.2) is 34.2 Å². The topological polar surface area (TPSA) is 97.7 Å². The number of carbonyl (C=O) groups is 2. The second-order valence-electron chi connectivity index (χ2n) is 6.57. The van der Waals surface area contributed by atoms with E-state index in [9.17, 15) is 24.9 Å². The first-order valence-corrected chi connectivity index (χ1v) is 9.04. The second kappa shape index (κ2) is 11.8. The number of Topliss-reactive ketones (excluding diaryl/α,β-unsaturated/α-hetero) is 1. The minimum Gasteiger partial charge on any atom is -0.550 e. The molecule has 0 aromatic rings. The number of hydrogen-bond donors (Lipinski definition) is 2. The number of aliphatic hydroxyl groups excluding tert-OH is 2. The fourth-order valence-corrected chi connectivity index (χ4v) is 2.79. The molecule has 0 saturated heterocycles. The van der Waals surface area contributed by atoms with Gasteiger partial charge in [0, 0.05) is 18.0 Å². The highest BCUT2D eigenvalue weighted by Crippen LogP contribution is 2.27. The first kappa shape index (κ1) is 21.3. The Kier molecular flexibility index (Phi) is 10.0. The number of hydrogen-bond acceptors (Lipinski definition) is 5. The van der Waals surface area contributed by atoms with Crippen molar-refractivity contribution in [2.75, 3.05) is 0 Å². The smallest absolute Gasteiger partial charge is 0.159 e. The molecule has 1 aliphatic rings. The molecular formula is C20H29O5-. The molecular weight excluding hydrogens is 320 g/mol. The lowest BCUT2D eigenvalue weighted by Gasteiger charge is -2.07. The van der Waals surface area contributed by atoms with E-state index in [1.807, 2.05) is 18.2 Å². The predicted molar refractivity (Wildman–Crippen MR) is 94.6 cm³/mol. The Labute approximate surface area is 149 Å². The molecule has 2 N–H and O–H groups in total. The molecule has 140 valence electrons. The number of carboxylic acid groups (broad SMARTS) is 1. The van der Waals surface area contributed by atoms with Crippen molar-refractivity contribution in [3.05, 3.63) is 35.5 Å². The van der Waals surface area contributed by atoms with Gasteiger partial charge in [0.05, 0.1) is 12.2 Å². The lowest BCUT2D eigenvalue weighted by atomic mass is 10.0. The minimum absolute atomic E-state index is 0.0485. The fraction of sp³-hybridized carbons (Fsp3) is 0.600. The van der Waals surface area contributed by atoms with Crippen molar-refractivity contribution in [3.8, 4) is 0 Å². The molecule has 2 atom stereocenters. The van der Waals surface area contributed by atoms with Crippen LogP contribution in [-0.2, 0) is 9.59 Å². The van der Waals surface area contributed by atoms with Crippen LogP contribution in [0.2, 0.25) is 0 Å². The van der Waals surface area contributed by atoms with Gasteiger partial charge in [0.25, 0.3) is 0 Å². The van der Waals surface area contributed by atoms with Crippen LogP contribution in [0.4, 0.5) is 0 Å². The predicted octanol–water partition coefficient (Wildman–Crippen LogP) is 1.98. The molecule has 0 bridgehead atoms. The molecule has 0 aromatic heterocycles. The number of rotatable bonds is 12. The molecule has 0 aliphatic heterocycles. The number of carboxylic acids is 1. The molecule has 1 aliphatic carbocycles. The Morgan fingerprint density at radius 2 is 1.96 bits per heavy atom. The SMILES string of the molecule is C[C@@H](O)CCC[C@@H](O)C=CC1=C(CC=CCCCC(=O)[O-])C(=O)CC1. The van der Waals surface area contributed by atoms with E-state index in [0.717, 1.165) is 17.6 Å². The Morgan fingerprint density at radius 3 is 2.64 bits per heavy atom. The summed E-state index contributed by atoms with van der Waals surface area (Å²) in [6.07, 6.45) is 11.5. The number of carbonyl (C=O) groups excluding carboxylic acids is 2. The summed E-state index contributed by atoms with van der Waals surface area (Å²) in [5, 5.41) is 29.5. The maximum atomic E-state index is 12.0. The highest BCUT2D eigenvalue weighted by molar-refractivity contribution is 5.99. The number of aliphatic carboxylic acids is 1. The lowest BCUT2D eigenvalue weighted by Crippen LogP contribution is -2.21. The van der Waals surface area contributed by atoms with Crippen LogP contribution in [0.5, 0.6) is 0 Å². The normalized spacial score (nSPS) is 17.8. The summed E-state index contributed by atoms with van der Waals surface area (Å²) in [6, 6.07) is 0. The van der Waals surface area contributed by atoms with Gasteiger partial charge >= 0.3 is 0 Å². The summed E-state index contributed by atoms with van der Waals surface area (Å²) in [6.45, 7) is 1.73. The first-order valence-electron chi connectivity index (χ1n) is 9.04. The third-order valence-corrected chi connectivity index (χ3v) is 4.23. The van der Waals surface area contributed by atoms with E-state index in [4.69, 9.17) is 0 Å². The zero-order valence-electron chi connectivity index (χ0n) is 14.9. The minimum atomic E-state index is -1.04. The quantitative estimate of drug-likeness (QED) is 0.415. The number of ketones is 1. The highest BCUT2D eigenvalue weighted by atomic mass is 16.4. The van der Waals surface area contributed by atoms with Crippen LogP contribution in [0.15, 0.2) is 35.5 Å². The van der Waals surface area contributed by atoms with Crippen LogP contribution >= 0.6 is 0 Å². The fourth-order valence-electron chi connectivity index (χ4n) is 2.79. The van der Waals surface area contributed by atoms with Gasteiger partial charge in [-0.05, 0) is 63.9 Å². The number of unbranched alkanes of at least 4 members (excludes halogenated alkanes) is 1. The Morgan fingerprint density at radius 1 is 1.20 bits per heavy atom. The summed E-state index contributed by atoms with van der Waals surface area (Å²) in [4.78, 5) is 22.3. The van der Waals surface area contributed by atoms with Gasteiger partial charge < -0.3 is 20.1 Å². The van der Waals surface area contributed by atoms with Gasteiger partial charge in [-0.3, -0.25) is 4.79 Å². The average molecular weight is 349 g/mol. The lowest BCUT2D eigenvalue weighted by molar-refractivity contribution is -0.305. The van der Waals surface area contributed by atoms with E-state index in [-0.39, 0.29) is 18.3 Å². The Balaban J connectivity index is 2.48. The molecule has 0 aromatic carbocycles. The third kappa shape index (κ3) is 9.37. The van der Waals surface area contributed by atoms with Crippen LogP contribution < -0.4 is 5.11 Å². The first-order chi connectivity index (χ1) is 11.9. The zero-order chi connectivity index (χ0) is 18.7. The van der Waals surface area contributed by atoms with E-state index in [0.29, 0.717) is 44.9 Å². The molecule has 0 spiro atoms. The van der Waals surface area contributed by atoms with Crippen molar-refractivity contribution in [2.45, 2.75) is 76.9 Å². The summed E-state index contributed by atoms with van der Waals surface area (Å²) >= 11 is 0. The van der Waals surface area contributed by atoms with Crippen LogP contribution in [0, 0.1) is 0 Å². The molecule has 0 fully saturated rings. The van der Waals surface area contributed by atoms with Gasteiger partial charge in [-0.15, -0.1) is 0 Å². The van der Waals surface area contributed by atoms with Gasteiger partial charge in [0.1, 0.15) is 0 Å². The molecule has 0 radical (unpaired) electrons. The van der Waals surface area contributed by atoms with Crippen molar-refractivity contribution in [1.29, 1.82) is 0 Å².